The third kappa shape index (κ3) is 3.87. The lowest BCUT2D eigenvalue weighted by molar-refractivity contribution is -0.130. The van der Waals surface area contributed by atoms with Crippen LogP contribution in [0, 0.1) is 23.2 Å². The fourth-order valence-electron chi connectivity index (χ4n) is 4.92. The van der Waals surface area contributed by atoms with Gasteiger partial charge in [-0.25, -0.2) is 0 Å². The number of carbonyl (C=O) groups excluding carboxylic acids is 1. The third-order valence-corrected chi connectivity index (χ3v) is 5.85. The Bertz CT molecular complexity index is 458. The summed E-state index contributed by atoms with van der Waals surface area (Å²) < 4.78 is 0. The fourth-order valence-corrected chi connectivity index (χ4v) is 4.92. The number of carbonyl (C=O) groups is 1. The van der Waals surface area contributed by atoms with Crippen molar-refractivity contribution in [2.75, 3.05) is 13.1 Å². The van der Waals surface area contributed by atoms with Crippen LogP contribution in [0.2, 0.25) is 0 Å². The molecular weight excluding hydrogens is 288 g/mol. The van der Waals surface area contributed by atoms with Crippen molar-refractivity contribution in [3.05, 3.63) is 0 Å². The lowest BCUT2D eigenvalue weighted by atomic mass is 10.0. The highest BCUT2D eigenvalue weighted by Crippen LogP contribution is 2.44. The highest BCUT2D eigenvalue weighted by atomic mass is 16.2. The highest BCUT2D eigenvalue weighted by Gasteiger charge is 2.41. The van der Waals surface area contributed by atoms with Gasteiger partial charge in [-0.1, -0.05) is 13.8 Å². The number of likely N-dealkylation sites (tertiary alicyclic amines) is 1. The van der Waals surface area contributed by atoms with Gasteiger partial charge in [0.2, 0.25) is 5.91 Å². The van der Waals surface area contributed by atoms with Gasteiger partial charge in [0, 0.05) is 24.7 Å². The molecule has 2 saturated carbocycles. The molecule has 1 heterocycles. The van der Waals surface area contributed by atoms with E-state index in [0.29, 0.717) is 24.7 Å². The maximum absolute atomic E-state index is 12.3. The van der Waals surface area contributed by atoms with Crippen LogP contribution in [-0.2, 0) is 4.79 Å². The normalized spacial score (nSPS) is 36.4. The molecule has 3 fully saturated rings. The molecule has 5 heteroatoms. The third-order valence-electron chi connectivity index (χ3n) is 5.85. The number of rotatable bonds is 5. The van der Waals surface area contributed by atoms with Crippen molar-refractivity contribution in [2.24, 2.45) is 11.8 Å². The smallest absolute Gasteiger partial charge is 0.237 e. The predicted molar refractivity (Wildman–Crippen MR) is 89.6 cm³/mol. The van der Waals surface area contributed by atoms with Crippen molar-refractivity contribution in [2.45, 2.75) is 76.5 Å². The summed E-state index contributed by atoms with van der Waals surface area (Å²) >= 11 is 0. The predicted octanol–water partition coefficient (Wildman–Crippen LogP) is 1.65. The van der Waals surface area contributed by atoms with Crippen LogP contribution < -0.4 is 10.6 Å². The van der Waals surface area contributed by atoms with Gasteiger partial charge in [0.15, 0.2) is 0 Å². The average molecular weight is 318 g/mol. The van der Waals surface area contributed by atoms with Crippen molar-refractivity contribution >= 4 is 5.91 Å². The van der Waals surface area contributed by atoms with Crippen molar-refractivity contribution in [3.8, 4) is 6.07 Å². The van der Waals surface area contributed by atoms with Gasteiger partial charge in [0.05, 0.1) is 12.6 Å². The van der Waals surface area contributed by atoms with Gasteiger partial charge in [0.25, 0.3) is 0 Å². The molecule has 0 aromatic heterocycles. The van der Waals surface area contributed by atoms with Crippen molar-refractivity contribution < 1.29 is 4.79 Å². The number of nitrogens with zero attached hydrogens (tertiary/aromatic N) is 2. The van der Waals surface area contributed by atoms with E-state index < -0.39 is 0 Å². The molecule has 3 atom stereocenters. The quantitative estimate of drug-likeness (QED) is 0.809. The van der Waals surface area contributed by atoms with E-state index in [-0.39, 0.29) is 11.9 Å². The van der Waals surface area contributed by atoms with Crippen LogP contribution in [0.1, 0.15) is 52.4 Å². The Hall–Kier alpha value is -1.12. The van der Waals surface area contributed by atoms with Crippen molar-refractivity contribution in [1.82, 2.24) is 15.5 Å². The second-order valence-corrected chi connectivity index (χ2v) is 7.93. The average Bonchev–Trinajstić information content (AvgIpc) is 3.17. The van der Waals surface area contributed by atoms with Gasteiger partial charge in [-0.15, -0.1) is 0 Å². The zero-order valence-electron chi connectivity index (χ0n) is 14.4. The summed E-state index contributed by atoms with van der Waals surface area (Å²) in [6.07, 6.45) is 6.78. The first kappa shape index (κ1) is 16.7. The largest absolute Gasteiger partial charge is 0.326 e. The van der Waals surface area contributed by atoms with Gasteiger partial charge >= 0.3 is 0 Å². The second kappa shape index (κ2) is 7.19. The Morgan fingerprint density at radius 1 is 1.22 bits per heavy atom. The van der Waals surface area contributed by atoms with Gasteiger partial charge in [-0.3, -0.25) is 4.79 Å². The van der Waals surface area contributed by atoms with E-state index in [1.54, 1.807) is 4.90 Å². The number of fused-ring (bicyclic) bond motifs is 1. The van der Waals surface area contributed by atoms with Crippen LogP contribution in [0.4, 0.5) is 0 Å². The van der Waals surface area contributed by atoms with E-state index in [4.69, 9.17) is 5.26 Å². The zero-order valence-corrected chi connectivity index (χ0v) is 14.4. The molecule has 1 saturated heterocycles. The highest BCUT2D eigenvalue weighted by molar-refractivity contribution is 5.79. The number of nitrogens with one attached hydrogen (secondary N) is 2. The van der Waals surface area contributed by atoms with Gasteiger partial charge in [-0.05, 0) is 50.4 Å². The molecule has 0 bridgehead atoms. The topological polar surface area (TPSA) is 68.2 Å². The Balaban J connectivity index is 1.40. The molecule has 3 rings (SSSR count). The maximum Gasteiger partial charge on any atom is 0.237 e. The molecule has 3 aliphatic rings. The molecule has 1 aliphatic heterocycles. The van der Waals surface area contributed by atoms with E-state index in [2.05, 4.69) is 30.6 Å². The Labute approximate surface area is 139 Å². The van der Waals surface area contributed by atoms with Gasteiger partial charge < -0.3 is 15.5 Å². The van der Waals surface area contributed by atoms with Crippen molar-refractivity contribution in [1.29, 1.82) is 5.26 Å². The zero-order chi connectivity index (χ0) is 16.4. The first-order valence-electron chi connectivity index (χ1n) is 9.25. The van der Waals surface area contributed by atoms with Crippen LogP contribution in [0.3, 0.4) is 0 Å². The Morgan fingerprint density at radius 3 is 2.48 bits per heavy atom. The summed E-state index contributed by atoms with van der Waals surface area (Å²) in [5.74, 6) is 1.74. The summed E-state index contributed by atoms with van der Waals surface area (Å²) in [6, 6.07) is 3.79. The minimum atomic E-state index is -0.199. The minimum absolute atomic E-state index is 0.102. The second-order valence-electron chi connectivity index (χ2n) is 7.93. The number of hydrogen-bond acceptors (Lipinski definition) is 4. The van der Waals surface area contributed by atoms with Crippen LogP contribution in [-0.4, -0.2) is 48.1 Å². The molecule has 128 valence electrons. The van der Waals surface area contributed by atoms with E-state index in [0.717, 1.165) is 31.2 Å². The van der Waals surface area contributed by atoms with Gasteiger partial charge in [0.1, 0.15) is 6.04 Å². The molecule has 2 N–H and O–H groups in total. The molecule has 23 heavy (non-hydrogen) atoms. The molecule has 0 aromatic carbocycles. The summed E-state index contributed by atoms with van der Waals surface area (Å²) in [4.78, 5) is 14.0. The fraction of sp³-hybridized carbons (Fsp3) is 0.889. The van der Waals surface area contributed by atoms with E-state index in [9.17, 15) is 4.79 Å². The lowest BCUT2D eigenvalue weighted by Crippen LogP contribution is -2.43. The lowest BCUT2D eigenvalue weighted by Gasteiger charge is -2.22. The number of nitriles is 1. The maximum atomic E-state index is 12.3. The first-order chi connectivity index (χ1) is 11.1. The van der Waals surface area contributed by atoms with Crippen molar-refractivity contribution in [3.63, 3.8) is 0 Å². The van der Waals surface area contributed by atoms with Crippen LogP contribution in [0.25, 0.3) is 0 Å². The minimum Gasteiger partial charge on any atom is -0.326 e. The summed E-state index contributed by atoms with van der Waals surface area (Å²) in [5, 5.41) is 16.2. The molecular formula is C18H30N4O. The Kier molecular flexibility index (Phi) is 5.23. The summed E-state index contributed by atoms with van der Waals surface area (Å²) in [5.41, 5.74) is 0. The SMILES string of the molecule is CC(C)NC1CC2CC(NCC(=O)N3CCCC3C#N)CC2C1. The number of hydrogen-bond donors (Lipinski definition) is 2. The summed E-state index contributed by atoms with van der Waals surface area (Å²) in [6.45, 7) is 5.58. The van der Waals surface area contributed by atoms with E-state index in [1.807, 2.05) is 0 Å². The first-order valence-corrected chi connectivity index (χ1v) is 9.25. The summed E-state index contributed by atoms with van der Waals surface area (Å²) in [7, 11) is 0. The number of amides is 1. The monoisotopic (exact) mass is 318 g/mol. The molecule has 2 aliphatic carbocycles. The molecule has 0 aromatic rings. The van der Waals surface area contributed by atoms with Crippen LogP contribution in [0.5, 0.6) is 0 Å². The van der Waals surface area contributed by atoms with Gasteiger partial charge in [-0.2, -0.15) is 5.26 Å². The molecule has 3 unspecified atom stereocenters. The van der Waals surface area contributed by atoms with Crippen LogP contribution >= 0.6 is 0 Å². The molecule has 1 amide bonds. The van der Waals surface area contributed by atoms with E-state index in [1.165, 1.54) is 25.7 Å². The van der Waals surface area contributed by atoms with E-state index >= 15 is 0 Å². The van der Waals surface area contributed by atoms with Crippen LogP contribution in [0.15, 0.2) is 0 Å². The molecule has 0 radical (unpaired) electrons. The standard InChI is InChI=1S/C18H30N4O/c1-12(2)21-16-8-13-6-15(7-14(13)9-16)20-11-18(23)22-5-3-4-17(22)10-19/h12-17,20-21H,3-9,11H2,1-2H3. The Morgan fingerprint density at radius 2 is 1.87 bits per heavy atom. The molecule has 0 spiro atoms. The molecule has 5 nitrogen and oxygen atoms in total.